The van der Waals surface area contributed by atoms with E-state index in [1.165, 1.54) is 6.07 Å². The molecule has 2 rings (SSSR count). The van der Waals surface area contributed by atoms with Gasteiger partial charge in [0.2, 0.25) is 0 Å². The van der Waals surface area contributed by atoms with Crippen molar-refractivity contribution >= 4 is 11.7 Å². The third-order valence-corrected chi connectivity index (χ3v) is 3.49. The average molecular weight is 330 g/mol. The van der Waals surface area contributed by atoms with Crippen molar-refractivity contribution in [3.63, 3.8) is 0 Å². The van der Waals surface area contributed by atoms with Crippen molar-refractivity contribution in [2.24, 2.45) is 0 Å². The Morgan fingerprint density at radius 3 is 2.83 bits per heavy atom. The van der Waals surface area contributed by atoms with Crippen LogP contribution in [0, 0.1) is 13.8 Å². The first-order chi connectivity index (χ1) is 11.3. The van der Waals surface area contributed by atoms with Crippen molar-refractivity contribution in [2.45, 2.75) is 33.3 Å². The van der Waals surface area contributed by atoms with Gasteiger partial charge in [-0.15, -0.1) is 0 Å². The Kier molecular flexibility index (Phi) is 5.57. The summed E-state index contributed by atoms with van der Waals surface area (Å²) in [5.74, 6) is 1.05. The molecule has 1 aromatic carbocycles. The number of nitrogen functional groups attached to an aromatic ring is 1. The number of carbonyl (C=O) groups is 1. The van der Waals surface area contributed by atoms with Gasteiger partial charge in [-0.3, -0.25) is 9.59 Å². The summed E-state index contributed by atoms with van der Waals surface area (Å²) in [6.45, 7) is 5.92. The van der Waals surface area contributed by atoms with E-state index in [9.17, 15) is 9.59 Å². The van der Waals surface area contributed by atoms with Crippen molar-refractivity contribution in [1.82, 2.24) is 15.3 Å². The Balaban J connectivity index is 1.87. The third kappa shape index (κ3) is 4.84. The van der Waals surface area contributed by atoms with Crippen molar-refractivity contribution in [2.75, 3.05) is 12.3 Å². The first-order valence-electron chi connectivity index (χ1n) is 7.72. The van der Waals surface area contributed by atoms with Crippen molar-refractivity contribution < 1.29 is 9.53 Å². The zero-order valence-electron chi connectivity index (χ0n) is 14.1. The van der Waals surface area contributed by atoms with Crippen LogP contribution < -0.4 is 21.3 Å². The number of amides is 1. The molecule has 1 atom stereocenters. The summed E-state index contributed by atoms with van der Waals surface area (Å²) in [5.41, 5.74) is 7.25. The molecule has 24 heavy (non-hydrogen) atoms. The van der Waals surface area contributed by atoms with Crippen LogP contribution in [0.15, 0.2) is 29.1 Å². The molecule has 0 fully saturated rings. The van der Waals surface area contributed by atoms with Crippen molar-refractivity contribution in [3.05, 3.63) is 51.6 Å². The fraction of sp³-hybridized carbons (Fsp3) is 0.353. The lowest BCUT2D eigenvalue weighted by Gasteiger charge is -2.16. The zero-order valence-corrected chi connectivity index (χ0v) is 14.1. The molecule has 4 N–H and O–H groups in total. The fourth-order valence-corrected chi connectivity index (χ4v) is 2.17. The molecule has 128 valence electrons. The van der Waals surface area contributed by atoms with Crippen LogP contribution in [-0.2, 0) is 11.2 Å². The van der Waals surface area contributed by atoms with E-state index in [-0.39, 0.29) is 17.3 Å². The number of nitrogens with two attached hydrogens (primary N) is 1. The summed E-state index contributed by atoms with van der Waals surface area (Å²) in [5, 5.41) is 2.76. The number of anilines is 1. The Morgan fingerprint density at radius 2 is 2.12 bits per heavy atom. The van der Waals surface area contributed by atoms with Gasteiger partial charge in [-0.2, -0.15) is 0 Å². The SMILES string of the molecule is Cc1ccc(C)c(O[C@H](C)C(=O)NCCc2nc(N)cc(=O)[nH]2)c1. The lowest BCUT2D eigenvalue weighted by Crippen LogP contribution is -2.37. The minimum absolute atomic E-state index is 0.159. The van der Waals surface area contributed by atoms with Gasteiger partial charge in [0.1, 0.15) is 17.4 Å². The Hall–Kier alpha value is -2.83. The van der Waals surface area contributed by atoms with E-state index in [1.807, 2.05) is 32.0 Å². The number of carbonyl (C=O) groups excluding carboxylic acids is 1. The second kappa shape index (κ2) is 7.63. The number of aromatic nitrogens is 2. The van der Waals surface area contributed by atoms with Crippen molar-refractivity contribution in [3.8, 4) is 5.75 Å². The first-order valence-corrected chi connectivity index (χ1v) is 7.72. The molecule has 7 heteroatoms. The molecule has 0 aliphatic rings. The minimum atomic E-state index is -0.627. The van der Waals surface area contributed by atoms with Crippen LogP contribution in [0.5, 0.6) is 5.75 Å². The summed E-state index contributed by atoms with van der Waals surface area (Å²) in [6, 6.07) is 7.06. The molecule has 1 aromatic heterocycles. The van der Waals surface area contributed by atoms with Crippen LogP contribution in [0.4, 0.5) is 5.82 Å². The second-order valence-electron chi connectivity index (χ2n) is 5.69. The maximum absolute atomic E-state index is 12.1. The lowest BCUT2D eigenvalue weighted by molar-refractivity contribution is -0.127. The average Bonchev–Trinajstić information content (AvgIpc) is 2.49. The highest BCUT2D eigenvalue weighted by Crippen LogP contribution is 2.20. The predicted molar refractivity (Wildman–Crippen MR) is 92.0 cm³/mol. The molecule has 2 aromatic rings. The molecule has 1 heterocycles. The smallest absolute Gasteiger partial charge is 0.260 e. The summed E-state index contributed by atoms with van der Waals surface area (Å²) < 4.78 is 5.72. The summed E-state index contributed by atoms with van der Waals surface area (Å²) >= 11 is 0. The van der Waals surface area contributed by atoms with Gasteiger partial charge in [-0.1, -0.05) is 12.1 Å². The standard InChI is InChI=1S/C17H22N4O3/c1-10-4-5-11(2)13(8-10)24-12(3)17(23)19-7-6-15-20-14(18)9-16(22)21-15/h4-5,8-9,12H,6-7H2,1-3H3,(H,19,23)(H3,18,20,21,22)/t12-/m1/s1. The number of nitrogens with one attached hydrogen (secondary N) is 2. The van der Waals surface area contributed by atoms with E-state index in [0.29, 0.717) is 24.5 Å². The van der Waals surface area contributed by atoms with Crippen LogP contribution in [0.3, 0.4) is 0 Å². The molecule has 0 radical (unpaired) electrons. The number of benzene rings is 1. The fourth-order valence-electron chi connectivity index (χ4n) is 2.17. The quantitative estimate of drug-likeness (QED) is 0.734. The summed E-state index contributed by atoms with van der Waals surface area (Å²) in [7, 11) is 0. The Labute approximate surface area is 140 Å². The zero-order chi connectivity index (χ0) is 17.7. The van der Waals surface area contributed by atoms with Gasteiger partial charge < -0.3 is 20.8 Å². The largest absolute Gasteiger partial charge is 0.481 e. The maximum atomic E-state index is 12.1. The highest BCUT2D eigenvalue weighted by molar-refractivity contribution is 5.80. The number of hydrogen-bond donors (Lipinski definition) is 3. The molecule has 0 saturated heterocycles. The van der Waals surface area contributed by atoms with Gasteiger partial charge in [0.25, 0.3) is 11.5 Å². The van der Waals surface area contributed by atoms with Gasteiger partial charge in [0.15, 0.2) is 6.10 Å². The number of rotatable bonds is 6. The van der Waals surface area contributed by atoms with Gasteiger partial charge in [0, 0.05) is 19.0 Å². The summed E-state index contributed by atoms with van der Waals surface area (Å²) in [4.78, 5) is 30.0. The molecule has 0 saturated carbocycles. The highest BCUT2D eigenvalue weighted by atomic mass is 16.5. The first kappa shape index (κ1) is 17.5. The van der Waals surface area contributed by atoms with Crippen LogP contribution in [-0.4, -0.2) is 28.5 Å². The van der Waals surface area contributed by atoms with Gasteiger partial charge in [-0.25, -0.2) is 4.98 Å². The third-order valence-electron chi connectivity index (χ3n) is 3.49. The van der Waals surface area contributed by atoms with E-state index < -0.39 is 6.10 Å². The van der Waals surface area contributed by atoms with E-state index in [1.54, 1.807) is 6.92 Å². The van der Waals surface area contributed by atoms with Gasteiger partial charge >= 0.3 is 0 Å². The molecular weight excluding hydrogens is 308 g/mol. The number of hydrogen-bond acceptors (Lipinski definition) is 5. The van der Waals surface area contributed by atoms with E-state index in [2.05, 4.69) is 15.3 Å². The Morgan fingerprint density at radius 1 is 1.38 bits per heavy atom. The number of aryl methyl sites for hydroxylation is 2. The summed E-state index contributed by atoms with van der Waals surface area (Å²) in [6.07, 6.45) is -0.249. The van der Waals surface area contributed by atoms with E-state index in [0.717, 1.165) is 11.1 Å². The van der Waals surface area contributed by atoms with Crippen LogP contribution in [0.25, 0.3) is 0 Å². The van der Waals surface area contributed by atoms with E-state index >= 15 is 0 Å². The minimum Gasteiger partial charge on any atom is -0.481 e. The van der Waals surface area contributed by atoms with Crippen LogP contribution in [0.1, 0.15) is 23.9 Å². The molecule has 7 nitrogen and oxygen atoms in total. The molecule has 0 unspecified atom stereocenters. The predicted octanol–water partition coefficient (Wildman–Crippen LogP) is 1.10. The Bertz CT molecular complexity index is 786. The lowest BCUT2D eigenvalue weighted by atomic mass is 10.1. The normalized spacial score (nSPS) is 11.8. The van der Waals surface area contributed by atoms with Gasteiger partial charge in [0.05, 0.1) is 0 Å². The van der Waals surface area contributed by atoms with Crippen LogP contribution in [0.2, 0.25) is 0 Å². The molecule has 0 bridgehead atoms. The van der Waals surface area contributed by atoms with Crippen molar-refractivity contribution in [1.29, 1.82) is 0 Å². The number of H-pyrrole nitrogens is 1. The number of ether oxygens (including phenoxy) is 1. The molecule has 1 amide bonds. The van der Waals surface area contributed by atoms with E-state index in [4.69, 9.17) is 10.5 Å². The second-order valence-corrected chi connectivity index (χ2v) is 5.69. The number of aromatic amines is 1. The molecule has 0 spiro atoms. The van der Waals surface area contributed by atoms with Gasteiger partial charge in [-0.05, 0) is 38.0 Å². The molecule has 0 aliphatic carbocycles. The molecular formula is C17H22N4O3. The van der Waals surface area contributed by atoms with Crippen LogP contribution >= 0.6 is 0 Å². The highest BCUT2D eigenvalue weighted by Gasteiger charge is 2.15. The monoisotopic (exact) mass is 330 g/mol. The number of nitrogens with zero attached hydrogens (tertiary/aromatic N) is 1. The maximum Gasteiger partial charge on any atom is 0.260 e. The topological polar surface area (TPSA) is 110 Å². The molecule has 0 aliphatic heterocycles.